The maximum absolute atomic E-state index is 12.1. The number of likely N-dealkylation sites (N-methyl/N-ethyl adjacent to an activating group) is 1. The van der Waals surface area contributed by atoms with Crippen LogP contribution in [0.15, 0.2) is 24.3 Å². The van der Waals surface area contributed by atoms with E-state index in [1.807, 2.05) is 24.3 Å². The van der Waals surface area contributed by atoms with Crippen LogP contribution in [-0.2, 0) is 0 Å². The number of unbranched alkanes of at least 4 members (excludes halogenated alkanes) is 1. The number of ketones is 1. The third-order valence-electron chi connectivity index (χ3n) is 3.05. The van der Waals surface area contributed by atoms with E-state index in [1.54, 1.807) is 7.11 Å². The minimum absolute atomic E-state index is 0.176. The Morgan fingerprint density at radius 3 is 2.39 bits per heavy atom. The highest BCUT2D eigenvalue weighted by Crippen LogP contribution is 2.12. The molecule has 0 aliphatic rings. The van der Waals surface area contributed by atoms with E-state index in [-0.39, 0.29) is 5.78 Å². The molecule has 0 heterocycles. The first-order chi connectivity index (χ1) is 8.71. The average Bonchev–Trinajstić information content (AvgIpc) is 2.43. The molecule has 0 aromatic heterocycles. The number of carbonyl (C=O) groups excluding carboxylic acids is 1. The monoisotopic (exact) mass is 249 g/mol. The minimum atomic E-state index is 0.176. The predicted octanol–water partition coefficient (Wildman–Crippen LogP) is 3.00. The molecule has 0 fully saturated rings. The average molecular weight is 249 g/mol. The molecule has 0 aliphatic carbocycles. The molecular weight excluding hydrogens is 226 g/mol. The van der Waals surface area contributed by atoms with Crippen molar-refractivity contribution < 1.29 is 9.53 Å². The van der Waals surface area contributed by atoms with Crippen molar-refractivity contribution in [3.05, 3.63) is 29.8 Å². The van der Waals surface area contributed by atoms with E-state index in [0.717, 1.165) is 37.2 Å². The van der Waals surface area contributed by atoms with Crippen molar-refractivity contribution in [1.82, 2.24) is 4.90 Å². The van der Waals surface area contributed by atoms with Gasteiger partial charge < -0.3 is 4.74 Å². The quantitative estimate of drug-likeness (QED) is 0.663. The Morgan fingerprint density at radius 1 is 1.22 bits per heavy atom. The van der Waals surface area contributed by atoms with Gasteiger partial charge in [0.25, 0.3) is 0 Å². The van der Waals surface area contributed by atoms with Crippen LogP contribution < -0.4 is 4.74 Å². The fourth-order valence-corrected chi connectivity index (χ4v) is 1.80. The lowest BCUT2D eigenvalue weighted by Gasteiger charge is -2.19. The molecule has 18 heavy (non-hydrogen) atoms. The summed E-state index contributed by atoms with van der Waals surface area (Å²) in [4.78, 5) is 14.3. The van der Waals surface area contributed by atoms with Crippen molar-refractivity contribution in [2.75, 3.05) is 26.7 Å². The van der Waals surface area contributed by atoms with Crippen LogP contribution in [0.2, 0.25) is 0 Å². The number of methoxy groups -OCH3 is 1. The molecule has 0 unspecified atom stereocenters. The van der Waals surface area contributed by atoms with E-state index in [4.69, 9.17) is 4.74 Å². The number of ether oxygens (including phenoxy) is 1. The Morgan fingerprint density at radius 2 is 1.89 bits per heavy atom. The van der Waals surface area contributed by atoms with Crippen LogP contribution in [0.5, 0.6) is 5.75 Å². The van der Waals surface area contributed by atoms with Crippen molar-refractivity contribution in [2.24, 2.45) is 0 Å². The fraction of sp³-hybridized carbons (Fsp3) is 0.533. The molecule has 0 saturated heterocycles. The van der Waals surface area contributed by atoms with Gasteiger partial charge in [-0.1, -0.05) is 20.3 Å². The van der Waals surface area contributed by atoms with E-state index in [9.17, 15) is 4.79 Å². The van der Waals surface area contributed by atoms with E-state index >= 15 is 0 Å². The molecular formula is C15H23NO2. The Kier molecular flexibility index (Phi) is 6.44. The lowest BCUT2D eigenvalue weighted by atomic mass is 10.1. The number of carbonyl (C=O) groups is 1. The summed E-state index contributed by atoms with van der Waals surface area (Å²) in [5.74, 6) is 0.959. The van der Waals surface area contributed by atoms with E-state index in [1.165, 1.54) is 0 Å². The van der Waals surface area contributed by atoms with Gasteiger partial charge in [0.05, 0.1) is 13.7 Å². The van der Waals surface area contributed by atoms with Gasteiger partial charge in [-0.15, -0.1) is 0 Å². The number of benzene rings is 1. The first-order valence-electron chi connectivity index (χ1n) is 6.60. The molecule has 0 aliphatic heterocycles. The molecule has 1 rings (SSSR count). The highest BCUT2D eigenvalue weighted by molar-refractivity contribution is 5.97. The van der Waals surface area contributed by atoms with Crippen LogP contribution in [0.1, 0.15) is 37.0 Å². The number of Topliss-reactive ketones (excluding diaryl/α,β-unsaturated/α-hetero) is 1. The van der Waals surface area contributed by atoms with Crippen LogP contribution in [0, 0.1) is 0 Å². The second-order valence-corrected chi connectivity index (χ2v) is 4.37. The summed E-state index contributed by atoms with van der Waals surface area (Å²) in [5.41, 5.74) is 0.755. The zero-order valence-electron chi connectivity index (χ0n) is 11.6. The standard InChI is InChI=1S/C15H23NO2/c1-4-6-11-16(5-2)12-15(17)13-7-9-14(18-3)10-8-13/h7-10H,4-6,11-12H2,1-3H3. The van der Waals surface area contributed by atoms with Crippen LogP contribution in [-0.4, -0.2) is 37.4 Å². The zero-order chi connectivity index (χ0) is 13.4. The lowest BCUT2D eigenvalue weighted by molar-refractivity contribution is 0.0933. The number of hydrogen-bond donors (Lipinski definition) is 0. The molecule has 0 spiro atoms. The van der Waals surface area contributed by atoms with Crippen molar-refractivity contribution in [2.45, 2.75) is 26.7 Å². The maximum Gasteiger partial charge on any atom is 0.176 e. The summed E-state index contributed by atoms with van der Waals surface area (Å²) < 4.78 is 5.08. The summed E-state index contributed by atoms with van der Waals surface area (Å²) in [6.45, 7) is 6.68. The molecule has 3 heteroatoms. The normalized spacial score (nSPS) is 10.7. The van der Waals surface area contributed by atoms with Gasteiger partial charge in [-0.3, -0.25) is 9.69 Å². The third-order valence-corrected chi connectivity index (χ3v) is 3.05. The van der Waals surface area contributed by atoms with Crippen LogP contribution in [0.4, 0.5) is 0 Å². The van der Waals surface area contributed by atoms with E-state index in [2.05, 4.69) is 18.7 Å². The Hall–Kier alpha value is -1.35. The molecule has 100 valence electrons. The highest BCUT2D eigenvalue weighted by atomic mass is 16.5. The van der Waals surface area contributed by atoms with Crippen molar-refractivity contribution >= 4 is 5.78 Å². The second kappa shape index (κ2) is 7.88. The Balaban J connectivity index is 2.56. The SMILES string of the molecule is CCCCN(CC)CC(=O)c1ccc(OC)cc1. The zero-order valence-corrected chi connectivity index (χ0v) is 11.6. The molecule has 0 radical (unpaired) electrons. The molecule has 1 aromatic carbocycles. The van der Waals surface area contributed by atoms with E-state index in [0.29, 0.717) is 6.54 Å². The molecule has 3 nitrogen and oxygen atoms in total. The minimum Gasteiger partial charge on any atom is -0.497 e. The first kappa shape index (κ1) is 14.7. The molecule has 0 bridgehead atoms. The third kappa shape index (κ3) is 4.49. The Labute approximate surface area is 110 Å². The molecule has 0 saturated carbocycles. The van der Waals surface area contributed by atoms with Crippen LogP contribution >= 0.6 is 0 Å². The topological polar surface area (TPSA) is 29.5 Å². The molecule has 1 aromatic rings. The van der Waals surface area contributed by atoms with Gasteiger partial charge in [-0.25, -0.2) is 0 Å². The lowest BCUT2D eigenvalue weighted by Crippen LogP contribution is -2.30. The van der Waals surface area contributed by atoms with Gasteiger partial charge >= 0.3 is 0 Å². The number of hydrogen-bond acceptors (Lipinski definition) is 3. The van der Waals surface area contributed by atoms with Gasteiger partial charge in [-0.05, 0) is 43.8 Å². The van der Waals surface area contributed by atoms with E-state index < -0.39 is 0 Å². The smallest absolute Gasteiger partial charge is 0.176 e. The van der Waals surface area contributed by atoms with Crippen molar-refractivity contribution in [3.8, 4) is 5.75 Å². The van der Waals surface area contributed by atoms with Gasteiger partial charge in [0.2, 0.25) is 0 Å². The second-order valence-electron chi connectivity index (χ2n) is 4.37. The van der Waals surface area contributed by atoms with Gasteiger partial charge in [0.15, 0.2) is 5.78 Å². The highest BCUT2D eigenvalue weighted by Gasteiger charge is 2.10. The molecule has 0 N–H and O–H groups in total. The summed E-state index contributed by atoms with van der Waals surface area (Å²) in [5, 5.41) is 0. The summed E-state index contributed by atoms with van der Waals surface area (Å²) >= 11 is 0. The van der Waals surface area contributed by atoms with Gasteiger partial charge in [0.1, 0.15) is 5.75 Å². The summed E-state index contributed by atoms with van der Waals surface area (Å²) in [6.07, 6.45) is 2.30. The number of nitrogens with zero attached hydrogens (tertiary/aromatic N) is 1. The van der Waals surface area contributed by atoms with Gasteiger partial charge in [0, 0.05) is 5.56 Å². The van der Waals surface area contributed by atoms with Crippen LogP contribution in [0.3, 0.4) is 0 Å². The van der Waals surface area contributed by atoms with Crippen molar-refractivity contribution in [1.29, 1.82) is 0 Å². The summed E-state index contributed by atoms with van der Waals surface area (Å²) in [7, 11) is 1.63. The summed E-state index contributed by atoms with van der Waals surface area (Å²) in [6, 6.07) is 7.31. The molecule has 0 amide bonds. The van der Waals surface area contributed by atoms with Crippen LogP contribution in [0.25, 0.3) is 0 Å². The molecule has 0 atom stereocenters. The Bertz CT molecular complexity index is 359. The fourth-order valence-electron chi connectivity index (χ4n) is 1.80. The first-order valence-corrected chi connectivity index (χ1v) is 6.60. The predicted molar refractivity (Wildman–Crippen MR) is 74.3 cm³/mol. The maximum atomic E-state index is 12.1. The largest absolute Gasteiger partial charge is 0.497 e. The van der Waals surface area contributed by atoms with Gasteiger partial charge in [-0.2, -0.15) is 0 Å². The number of rotatable bonds is 8. The van der Waals surface area contributed by atoms with Crippen molar-refractivity contribution in [3.63, 3.8) is 0 Å².